The number of rotatable bonds is 9. The number of carboxylic acids is 1. The molecule has 0 aromatic heterocycles. The minimum atomic E-state index is -0.925. The van der Waals surface area contributed by atoms with Crippen molar-refractivity contribution in [2.75, 3.05) is 26.2 Å². The molecule has 1 amide bonds. The molecule has 0 saturated carbocycles. The lowest BCUT2D eigenvalue weighted by Crippen LogP contribution is -2.49. The highest BCUT2D eigenvalue weighted by atomic mass is 16.4. The molecule has 3 aromatic rings. The van der Waals surface area contributed by atoms with Crippen molar-refractivity contribution in [3.63, 3.8) is 0 Å². The van der Waals surface area contributed by atoms with Gasteiger partial charge in [-0.3, -0.25) is 9.59 Å². The van der Waals surface area contributed by atoms with Crippen LogP contribution < -0.4 is 0 Å². The predicted molar refractivity (Wildman–Crippen MR) is 144 cm³/mol. The van der Waals surface area contributed by atoms with Gasteiger partial charge >= 0.3 is 5.97 Å². The van der Waals surface area contributed by atoms with Crippen LogP contribution >= 0.6 is 0 Å². The zero-order valence-electron chi connectivity index (χ0n) is 21.0. The van der Waals surface area contributed by atoms with Crippen molar-refractivity contribution in [3.8, 4) is 0 Å². The van der Waals surface area contributed by atoms with E-state index in [0.717, 1.165) is 37.3 Å². The molecule has 2 aliphatic rings. The van der Waals surface area contributed by atoms with Gasteiger partial charge in [-0.05, 0) is 55.6 Å². The van der Waals surface area contributed by atoms with E-state index < -0.39 is 11.4 Å². The van der Waals surface area contributed by atoms with Crippen molar-refractivity contribution in [1.82, 2.24) is 9.91 Å². The Morgan fingerprint density at radius 1 is 0.838 bits per heavy atom. The van der Waals surface area contributed by atoms with Gasteiger partial charge in [-0.15, -0.1) is 0 Å². The highest BCUT2D eigenvalue weighted by molar-refractivity contribution is 6.19. The summed E-state index contributed by atoms with van der Waals surface area (Å²) < 4.78 is 0. The minimum Gasteiger partial charge on any atom is -0.481 e. The number of hydrogen-bond donors (Lipinski definition) is 1. The molecule has 1 fully saturated rings. The zero-order valence-corrected chi connectivity index (χ0v) is 21.0. The highest BCUT2D eigenvalue weighted by Gasteiger charge is 2.52. The van der Waals surface area contributed by atoms with Crippen molar-refractivity contribution in [1.29, 1.82) is 0 Å². The number of nitrogens with zero attached hydrogens (tertiary/aromatic N) is 3. The maximum atomic E-state index is 13.6. The lowest BCUT2D eigenvalue weighted by Gasteiger charge is -2.39. The van der Waals surface area contributed by atoms with Gasteiger partial charge in [-0.1, -0.05) is 91.0 Å². The van der Waals surface area contributed by atoms with Gasteiger partial charge in [0.2, 0.25) is 0 Å². The van der Waals surface area contributed by atoms with Crippen molar-refractivity contribution in [3.05, 3.63) is 108 Å². The Kier molecular flexibility index (Phi) is 7.47. The second-order valence-corrected chi connectivity index (χ2v) is 9.97. The van der Waals surface area contributed by atoms with Crippen molar-refractivity contribution < 1.29 is 14.7 Å². The summed E-state index contributed by atoms with van der Waals surface area (Å²) >= 11 is 0. The molecule has 0 atom stereocenters. The van der Waals surface area contributed by atoms with E-state index in [1.165, 1.54) is 16.1 Å². The third-order valence-electron chi connectivity index (χ3n) is 7.75. The smallest absolute Gasteiger partial charge is 0.305 e. The molecule has 37 heavy (non-hydrogen) atoms. The molecule has 6 nitrogen and oxygen atoms in total. The van der Waals surface area contributed by atoms with Crippen LogP contribution in [0.1, 0.15) is 48.3 Å². The minimum absolute atomic E-state index is 0.0568. The average molecular weight is 496 g/mol. The standard InChI is InChI=1S/C31H33N3O3/c35-28(36)17-21-34-30(37)31(29(32-34)26-14-8-3-9-15-26)18-22-33(23-19-31)20-16-27(24-10-4-1-5-11-24)25-12-6-2-7-13-25/h1-15,27H,16-23H2,(H,35,36). The number of carbonyl (C=O) groups excluding carboxylic acids is 1. The van der Waals surface area contributed by atoms with E-state index in [2.05, 4.69) is 70.7 Å². The van der Waals surface area contributed by atoms with Gasteiger partial charge in [0, 0.05) is 5.92 Å². The van der Waals surface area contributed by atoms with Crippen LogP contribution in [-0.4, -0.2) is 58.8 Å². The number of carboxylic acid groups (broad SMARTS) is 1. The second-order valence-electron chi connectivity index (χ2n) is 9.97. The number of aliphatic carboxylic acids is 1. The molecular weight excluding hydrogens is 462 g/mol. The molecule has 1 N–H and O–H groups in total. The molecule has 0 unspecified atom stereocenters. The van der Waals surface area contributed by atoms with E-state index in [4.69, 9.17) is 5.11 Å². The molecule has 2 aliphatic heterocycles. The van der Waals surface area contributed by atoms with Crippen LogP contribution in [0, 0.1) is 5.41 Å². The predicted octanol–water partition coefficient (Wildman–Crippen LogP) is 5.01. The first-order chi connectivity index (χ1) is 18.1. The van der Waals surface area contributed by atoms with E-state index in [1.807, 2.05) is 30.3 Å². The van der Waals surface area contributed by atoms with Crippen LogP contribution in [0.3, 0.4) is 0 Å². The van der Waals surface area contributed by atoms with Gasteiger partial charge in [-0.25, -0.2) is 5.01 Å². The van der Waals surface area contributed by atoms with Crippen LogP contribution in [-0.2, 0) is 9.59 Å². The summed E-state index contributed by atoms with van der Waals surface area (Å²) in [6.07, 6.45) is 2.26. The van der Waals surface area contributed by atoms with Crippen molar-refractivity contribution >= 4 is 17.6 Å². The fraction of sp³-hybridized carbons (Fsp3) is 0.323. The fourth-order valence-corrected chi connectivity index (χ4v) is 5.71. The van der Waals surface area contributed by atoms with E-state index in [9.17, 15) is 9.59 Å². The Morgan fingerprint density at radius 2 is 1.38 bits per heavy atom. The van der Waals surface area contributed by atoms with Gasteiger partial charge < -0.3 is 10.0 Å². The van der Waals surface area contributed by atoms with Crippen LogP contribution in [0.2, 0.25) is 0 Å². The van der Waals surface area contributed by atoms with E-state index >= 15 is 0 Å². The summed E-state index contributed by atoms with van der Waals surface area (Å²) in [5, 5.41) is 15.2. The lowest BCUT2D eigenvalue weighted by atomic mass is 9.72. The van der Waals surface area contributed by atoms with Gasteiger partial charge in [-0.2, -0.15) is 5.10 Å². The third kappa shape index (κ3) is 5.35. The Labute approximate surface area is 218 Å². The number of benzene rings is 3. The Morgan fingerprint density at radius 3 is 1.92 bits per heavy atom. The van der Waals surface area contributed by atoms with E-state index in [1.54, 1.807) is 0 Å². The molecule has 0 aliphatic carbocycles. The summed E-state index contributed by atoms with van der Waals surface area (Å²) in [7, 11) is 0. The average Bonchev–Trinajstić information content (AvgIpc) is 3.21. The molecule has 1 spiro atoms. The van der Waals surface area contributed by atoms with Crippen LogP contribution in [0.15, 0.2) is 96.1 Å². The van der Waals surface area contributed by atoms with Gasteiger partial charge in [0.1, 0.15) is 0 Å². The normalized spacial score (nSPS) is 17.4. The number of carbonyl (C=O) groups is 2. The SMILES string of the molecule is O=C(O)CCN1N=C(c2ccccc2)C2(CCN(CCC(c3ccccc3)c3ccccc3)CC2)C1=O. The summed E-state index contributed by atoms with van der Waals surface area (Å²) in [6, 6.07) is 31.2. The second kappa shape index (κ2) is 11.1. The van der Waals surface area contributed by atoms with Gasteiger partial charge in [0.05, 0.1) is 24.1 Å². The first kappa shape index (κ1) is 24.9. The number of likely N-dealkylation sites (tertiary alicyclic amines) is 1. The van der Waals surface area contributed by atoms with Crippen molar-refractivity contribution in [2.45, 2.75) is 31.6 Å². The Balaban J connectivity index is 1.30. The van der Waals surface area contributed by atoms with Crippen LogP contribution in [0.4, 0.5) is 0 Å². The van der Waals surface area contributed by atoms with Gasteiger partial charge in [0.25, 0.3) is 5.91 Å². The molecule has 190 valence electrons. The number of amides is 1. The number of hydrogen-bond acceptors (Lipinski definition) is 4. The Bertz CT molecular complexity index is 1200. The third-order valence-corrected chi connectivity index (χ3v) is 7.75. The lowest BCUT2D eigenvalue weighted by molar-refractivity contribution is -0.140. The van der Waals surface area contributed by atoms with Crippen LogP contribution in [0.25, 0.3) is 0 Å². The maximum absolute atomic E-state index is 13.6. The summed E-state index contributed by atoms with van der Waals surface area (Å²) in [5.74, 6) is -0.663. The molecule has 0 bridgehead atoms. The zero-order chi connectivity index (χ0) is 25.7. The molecular formula is C31H33N3O3. The number of piperidine rings is 1. The summed E-state index contributed by atoms with van der Waals surface area (Å²) in [4.78, 5) is 27.2. The molecule has 6 heteroatoms. The van der Waals surface area contributed by atoms with Crippen molar-refractivity contribution in [2.24, 2.45) is 10.5 Å². The molecule has 0 radical (unpaired) electrons. The van der Waals surface area contributed by atoms with Gasteiger partial charge in [0.15, 0.2) is 0 Å². The highest BCUT2D eigenvalue weighted by Crippen LogP contribution is 2.42. The van der Waals surface area contributed by atoms with Crippen LogP contribution in [0.5, 0.6) is 0 Å². The largest absolute Gasteiger partial charge is 0.481 e. The molecule has 1 saturated heterocycles. The monoisotopic (exact) mass is 495 g/mol. The Hall–Kier alpha value is -3.77. The first-order valence-corrected chi connectivity index (χ1v) is 13.1. The molecule has 2 heterocycles. The maximum Gasteiger partial charge on any atom is 0.305 e. The molecule has 3 aromatic carbocycles. The van der Waals surface area contributed by atoms with E-state index in [-0.39, 0.29) is 18.9 Å². The fourth-order valence-electron chi connectivity index (χ4n) is 5.71. The first-order valence-electron chi connectivity index (χ1n) is 13.1. The topological polar surface area (TPSA) is 73.2 Å². The molecule has 5 rings (SSSR count). The summed E-state index contributed by atoms with van der Waals surface area (Å²) in [5.41, 5.74) is 3.68. The van der Waals surface area contributed by atoms with E-state index in [0.29, 0.717) is 18.8 Å². The summed E-state index contributed by atoms with van der Waals surface area (Å²) in [6.45, 7) is 2.66. The quantitative estimate of drug-likeness (QED) is 0.453. The number of hydrazone groups is 1.